The number of unbranched alkanes of at least 4 members (excludes halogenated alkanes) is 1. The highest BCUT2D eigenvalue weighted by Gasteiger charge is 2.31. The van der Waals surface area contributed by atoms with E-state index in [4.69, 9.17) is 21.1 Å². The van der Waals surface area contributed by atoms with E-state index < -0.39 is 17.1 Å². The first kappa shape index (κ1) is 18.5. The lowest BCUT2D eigenvalue weighted by atomic mass is 10.1. The second-order valence-corrected chi connectivity index (χ2v) is 5.98. The molecule has 1 fully saturated rings. The monoisotopic (exact) mass is 356 g/mol. The van der Waals surface area contributed by atoms with Crippen LogP contribution in [0.25, 0.3) is 0 Å². The van der Waals surface area contributed by atoms with E-state index in [-0.39, 0.29) is 12.3 Å². The minimum Gasteiger partial charge on any atom is -0.449 e. The molecule has 0 saturated carbocycles. The van der Waals surface area contributed by atoms with Gasteiger partial charge in [-0.3, -0.25) is 15.0 Å². The fraction of sp³-hybridized carbons (Fsp3) is 0.562. The van der Waals surface area contributed by atoms with Crippen molar-refractivity contribution in [2.75, 3.05) is 26.4 Å². The summed E-state index contributed by atoms with van der Waals surface area (Å²) in [6.45, 7) is 3.56. The molecule has 1 unspecified atom stereocenters. The van der Waals surface area contributed by atoms with Crippen LogP contribution in [-0.4, -0.2) is 42.3 Å². The van der Waals surface area contributed by atoms with Gasteiger partial charge in [0.25, 0.3) is 5.69 Å². The van der Waals surface area contributed by atoms with Crippen molar-refractivity contribution in [2.24, 2.45) is 0 Å². The zero-order valence-corrected chi connectivity index (χ0v) is 14.3. The van der Waals surface area contributed by atoms with Crippen LogP contribution in [0.1, 0.15) is 37.8 Å². The van der Waals surface area contributed by atoms with E-state index in [9.17, 15) is 14.9 Å². The van der Waals surface area contributed by atoms with Crippen molar-refractivity contribution >= 4 is 23.4 Å². The highest BCUT2D eigenvalue weighted by atomic mass is 35.5. The molecule has 1 amide bonds. The molecule has 132 valence electrons. The lowest BCUT2D eigenvalue weighted by molar-refractivity contribution is -0.385. The Bertz CT molecular complexity index is 596. The Morgan fingerprint density at radius 2 is 2.33 bits per heavy atom. The molecule has 1 aromatic carbocycles. The summed E-state index contributed by atoms with van der Waals surface area (Å²) in [4.78, 5) is 24.5. The molecule has 8 heteroatoms. The number of nitro groups is 1. The van der Waals surface area contributed by atoms with E-state index in [1.54, 1.807) is 4.90 Å². The lowest BCUT2D eigenvalue weighted by Crippen LogP contribution is -2.37. The number of carbonyl (C=O) groups excluding carboxylic acids is 1. The Morgan fingerprint density at radius 1 is 1.54 bits per heavy atom. The van der Waals surface area contributed by atoms with E-state index in [0.29, 0.717) is 36.8 Å². The number of benzene rings is 1. The summed E-state index contributed by atoms with van der Waals surface area (Å²) in [5, 5.41) is 11.4. The summed E-state index contributed by atoms with van der Waals surface area (Å²) in [7, 11) is 0. The van der Waals surface area contributed by atoms with Crippen LogP contribution in [0.3, 0.4) is 0 Å². The number of hydrogen-bond donors (Lipinski definition) is 0. The van der Waals surface area contributed by atoms with E-state index >= 15 is 0 Å². The topological polar surface area (TPSA) is 81.9 Å². The third-order valence-electron chi connectivity index (χ3n) is 3.85. The van der Waals surface area contributed by atoms with Gasteiger partial charge in [-0.1, -0.05) is 24.9 Å². The maximum Gasteiger partial charge on any atom is 0.410 e. The van der Waals surface area contributed by atoms with Gasteiger partial charge in [-0.15, -0.1) is 0 Å². The zero-order valence-electron chi connectivity index (χ0n) is 13.6. The number of hydrogen-bond acceptors (Lipinski definition) is 5. The molecule has 1 saturated heterocycles. The third kappa shape index (κ3) is 4.58. The number of halogens is 1. The Kier molecular flexibility index (Phi) is 6.81. The summed E-state index contributed by atoms with van der Waals surface area (Å²) in [6, 6.07) is 3.70. The number of amides is 1. The molecule has 0 N–H and O–H groups in total. The summed E-state index contributed by atoms with van der Waals surface area (Å²) < 4.78 is 10.8. The van der Waals surface area contributed by atoms with Gasteiger partial charge in [0, 0.05) is 35.9 Å². The average Bonchev–Trinajstić information content (AvgIpc) is 2.81. The first-order chi connectivity index (χ1) is 11.5. The van der Waals surface area contributed by atoms with Crippen molar-refractivity contribution < 1.29 is 19.2 Å². The summed E-state index contributed by atoms with van der Waals surface area (Å²) >= 11 is 6.23. The van der Waals surface area contributed by atoms with E-state index in [1.807, 2.05) is 6.92 Å². The van der Waals surface area contributed by atoms with Gasteiger partial charge in [0.05, 0.1) is 24.2 Å². The SMILES string of the molecule is CCCCOC(=O)N1CCCOCC1c1cc([N+](=O)[O-])ccc1Cl. The largest absolute Gasteiger partial charge is 0.449 e. The Hall–Kier alpha value is -1.86. The molecule has 0 aromatic heterocycles. The number of non-ortho nitro benzene ring substituents is 1. The van der Waals surface area contributed by atoms with Crippen LogP contribution in [0.2, 0.25) is 5.02 Å². The van der Waals surface area contributed by atoms with E-state index in [0.717, 1.165) is 12.8 Å². The highest BCUT2D eigenvalue weighted by molar-refractivity contribution is 6.31. The van der Waals surface area contributed by atoms with Gasteiger partial charge in [0.2, 0.25) is 0 Å². The molecule has 0 spiro atoms. The molecule has 24 heavy (non-hydrogen) atoms. The molecule has 7 nitrogen and oxygen atoms in total. The van der Waals surface area contributed by atoms with E-state index in [2.05, 4.69) is 0 Å². The van der Waals surface area contributed by atoms with Crippen LogP contribution in [0, 0.1) is 10.1 Å². The van der Waals surface area contributed by atoms with Gasteiger partial charge in [-0.05, 0) is 18.9 Å². The normalized spacial score (nSPS) is 18.1. The predicted octanol–water partition coefficient (Wildman–Crippen LogP) is 3.95. The molecular weight excluding hydrogens is 336 g/mol. The summed E-state index contributed by atoms with van der Waals surface area (Å²) in [5.41, 5.74) is 0.429. The molecule has 1 aliphatic rings. The molecule has 0 radical (unpaired) electrons. The molecule has 1 atom stereocenters. The Morgan fingerprint density at radius 3 is 3.04 bits per heavy atom. The van der Waals surface area contributed by atoms with Crippen LogP contribution >= 0.6 is 11.6 Å². The second kappa shape index (κ2) is 8.84. The van der Waals surface area contributed by atoms with E-state index in [1.165, 1.54) is 18.2 Å². The van der Waals surface area contributed by atoms with Gasteiger partial charge in [-0.2, -0.15) is 0 Å². The number of nitro benzene ring substituents is 1. The molecule has 0 aliphatic carbocycles. The van der Waals surface area contributed by atoms with Crippen molar-refractivity contribution in [3.8, 4) is 0 Å². The van der Waals surface area contributed by atoms with Gasteiger partial charge in [0.15, 0.2) is 0 Å². The molecule has 2 rings (SSSR count). The predicted molar refractivity (Wildman–Crippen MR) is 89.2 cm³/mol. The number of carbonyl (C=O) groups is 1. The average molecular weight is 357 g/mol. The quantitative estimate of drug-likeness (QED) is 0.453. The van der Waals surface area contributed by atoms with Crippen LogP contribution in [0.4, 0.5) is 10.5 Å². The standard InChI is InChI=1S/C16H21ClN2O5/c1-2-3-9-24-16(20)18-7-4-8-23-11-15(18)13-10-12(19(21)22)5-6-14(13)17/h5-6,10,15H,2-4,7-9,11H2,1H3. The van der Waals surface area contributed by atoms with Crippen molar-refractivity contribution in [3.05, 3.63) is 38.9 Å². The molecular formula is C16H21ClN2O5. The fourth-order valence-electron chi connectivity index (χ4n) is 2.54. The summed E-state index contributed by atoms with van der Waals surface area (Å²) in [6.07, 6.45) is 1.95. The lowest BCUT2D eigenvalue weighted by Gasteiger charge is -2.29. The minimum absolute atomic E-state index is 0.0713. The Balaban J connectivity index is 2.27. The Labute approximate surface area is 145 Å². The maximum absolute atomic E-state index is 12.4. The van der Waals surface area contributed by atoms with Crippen LogP contribution < -0.4 is 0 Å². The van der Waals surface area contributed by atoms with Crippen molar-refractivity contribution in [2.45, 2.75) is 32.2 Å². The molecule has 1 aromatic rings. The van der Waals surface area contributed by atoms with Crippen molar-refractivity contribution in [3.63, 3.8) is 0 Å². The maximum atomic E-state index is 12.4. The third-order valence-corrected chi connectivity index (χ3v) is 4.19. The van der Waals surface area contributed by atoms with Crippen molar-refractivity contribution in [1.29, 1.82) is 0 Å². The number of nitrogens with zero attached hydrogens (tertiary/aromatic N) is 2. The smallest absolute Gasteiger partial charge is 0.410 e. The van der Waals surface area contributed by atoms with Gasteiger partial charge >= 0.3 is 6.09 Å². The fourth-order valence-corrected chi connectivity index (χ4v) is 2.78. The van der Waals surface area contributed by atoms with Gasteiger partial charge in [-0.25, -0.2) is 4.79 Å². The zero-order chi connectivity index (χ0) is 17.5. The highest BCUT2D eigenvalue weighted by Crippen LogP contribution is 2.33. The molecule has 1 aliphatic heterocycles. The molecule has 0 bridgehead atoms. The van der Waals surface area contributed by atoms with Crippen molar-refractivity contribution in [1.82, 2.24) is 4.90 Å². The van der Waals surface area contributed by atoms with Crippen LogP contribution in [0.15, 0.2) is 18.2 Å². The van der Waals surface area contributed by atoms with Gasteiger partial charge in [0.1, 0.15) is 0 Å². The first-order valence-electron chi connectivity index (χ1n) is 7.99. The number of ether oxygens (including phenoxy) is 2. The van der Waals surface area contributed by atoms with Gasteiger partial charge < -0.3 is 9.47 Å². The molecule has 1 heterocycles. The first-order valence-corrected chi connectivity index (χ1v) is 8.37. The number of rotatable bonds is 5. The van der Waals surface area contributed by atoms with Crippen LogP contribution in [0.5, 0.6) is 0 Å². The summed E-state index contributed by atoms with van der Waals surface area (Å²) in [5.74, 6) is 0. The second-order valence-electron chi connectivity index (χ2n) is 5.57. The minimum atomic E-state index is -0.506. The van der Waals surface area contributed by atoms with Crippen LogP contribution in [-0.2, 0) is 9.47 Å².